The van der Waals surface area contributed by atoms with E-state index in [-0.39, 0.29) is 17.3 Å². The molecule has 0 spiro atoms. The zero-order valence-electron chi connectivity index (χ0n) is 13.7. The predicted octanol–water partition coefficient (Wildman–Crippen LogP) is 2.80. The molecule has 1 heterocycles. The van der Waals surface area contributed by atoms with Crippen molar-refractivity contribution in [2.45, 2.75) is 26.1 Å². The number of benzene rings is 1. The third-order valence-electron chi connectivity index (χ3n) is 3.66. The summed E-state index contributed by atoms with van der Waals surface area (Å²) in [6.45, 7) is 2.62. The van der Waals surface area contributed by atoms with E-state index >= 15 is 0 Å². The van der Waals surface area contributed by atoms with Crippen molar-refractivity contribution in [1.82, 2.24) is 10.3 Å². The number of nitrogens with one attached hydrogen (secondary N) is 1. The summed E-state index contributed by atoms with van der Waals surface area (Å²) >= 11 is 0. The molecule has 8 nitrogen and oxygen atoms in total. The summed E-state index contributed by atoms with van der Waals surface area (Å²) in [4.78, 5) is 35.6. The average molecular weight is 373 g/mol. The normalized spacial score (nSPS) is 17.8. The number of ether oxygens (including phenoxy) is 1. The monoisotopic (exact) mass is 373 g/mol. The number of amides is 2. The largest absolute Gasteiger partial charge is 0.463 e. The average Bonchev–Trinajstić information content (AvgIpc) is 2.53. The molecule has 1 aliphatic heterocycles. The third-order valence-corrected chi connectivity index (χ3v) is 3.66. The van der Waals surface area contributed by atoms with Crippen LogP contribution in [0.15, 0.2) is 35.5 Å². The summed E-state index contributed by atoms with van der Waals surface area (Å²) in [7, 11) is 0. The molecule has 0 saturated carbocycles. The molecule has 1 atom stereocenters. The fourth-order valence-corrected chi connectivity index (χ4v) is 2.65. The van der Waals surface area contributed by atoms with Gasteiger partial charge in [-0.05, 0) is 30.5 Å². The minimum absolute atomic E-state index is 0.0518. The van der Waals surface area contributed by atoms with Gasteiger partial charge in [-0.2, -0.15) is 13.2 Å². The molecule has 2 rings (SSSR count). The lowest BCUT2D eigenvalue weighted by Crippen LogP contribution is -2.51. The van der Waals surface area contributed by atoms with Crippen LogP contribution >= 0.6 is 0 Å². The fraction of sp³-hybridized carbons (Fsp3) is 0.333. The van der Waals surface area contributed by atoms with Gasteiger partial charge in [-0.1, -0.05) is 18.2 Å². The Balaban J connectivity index is 2.77. The van der Waals surface area contributed by atoms with Crippen molar-refractivity contribution in [2.24, 2.45) is 0 Å². The number of carbonyl (C=O) groups excluding carboxylic acids is 2. The quantitative estimate of drug-likeness (QED) is 0.497. The standard InChI is InChI=1S/C15H14F3N3O5/c1-3-26-13(22)11-8(2)19-14(23)20(21(24)25)12(11)9-6-4-5-7-10(9)15(16,17)18/h4-7,12H,3H2,1-2H3,(H,19,23). The van der Waals surface area contributed by atoms with Gasteiger partial charge in [-0.15, -0.1) is 0 Å². The summed E-state index contributed by atoms with van der Waals surface area (Å²) in [6.07, 6.45) is -4.85. The summed E-state index contributed by atoms with van der Waals surface area (Å²) in [5, 5.41) is 12.2. The number of nitrogens with zero attached hydrogens (tertiary/aromatic N) is 2. The van der Waals surface area contributed by atoms with Crippen molar-refractivity contribution in [3.63, 3.8) is 0 Å². The second kappa shape index (κ2) is 7.02. The third kappa shape index (κ3) is 3.46. The summed E-state index contributed by atoms with van der Waals surface area (Å²) in [5.41, 5.74) is -2.36. The van der Waals surface area contributed by atoms with Crippen LogP contribution in [-0.2, 0) is 15.7 Å². The zero-order valence-corrected chi connectivity index (χ0v) is 13.7. The molecule has 11 heteroatoms. The minimum atomic E-state index is -4.85. The Morgan fingerprint density at radius 2 is 2.00 bits per heavy atom. The minimum Gasteiger partial charge on any atom is -0.463 e. The maximum atomic E-state index is 13.4. The topological polar surface area (TPSA) is 102 Å². The molecule has 26 heavy (non-hydrogen) atoms. The van der Waals surface area contributed by atoms with Crippen LogP contribution in [-0.4, -0.2) is 28.6 Å². The van der Waals surface area contributed by atoms with Gasteiger partial charge in [0.1, 0.15) is 0 Å². The number of hydrogen-bond donors (Lipinski definition) is 1. The number of rotatable bonds is 4. The lowest BCUT2D eigenvalue weighted by atomic mass is 9.91. The molecule has 1 unspecified atom stereocenters. The number of halogens is 3. The molecule has 0 bridgehead atoms. The van der Waals surface area contributed by atoms with E-state index in [4.69, 9.17) is 4.74 Å². The number of nitro groups is 1. The maximum Gasteiger partial charge on any atom is 0.416 e. The van der Waals surface area contributed by atoms with E-state index in [0.29, 0.717) is 0 Å². The molecule has 0 aromatic heterocycles. The SMILES string of the molecule is CCOC(=O)C1=C(C)NC(=O)N([N+](=O)[O-])C1c1ccccc1C(F)(F)F. The lowest BCUT2D eigenvalue weighted by Gasteiger charge is -2.31. The van der Waals surface area contributed by atoms with Gasteiger partial charge in [0.25, 0.3) is 0 Å². The first kappa shape index (κ1) is 19.2. The molecule has 2 amide bonds. The van der Waals surface area contributed by atoms with E-state index in [0.717, 1.165) is 18.2 Å². The Kier molecular flexibility index (Phi) is 5.19. The highest BCUT2D eigenvalue weighted by Crippen LogP contribution is 2.41. The van der Waals surface area contributed by atoms with E-state index < -0.39 is 46.0 Å². The summed E-state index contributed by atoms with van der Waals surface area (Å²) in [5.74, 6) is -1.06. The maximum absolute atomic E-state index is 13.4. The van der Waals surface area contributed by atoms with Gasteiger partial charge < -0.3 is 10.1 Å². The van der Waals surface area contributed by atoms with Gasteiger partial charge in [0, 0.05) is 5.70 Å². The van der Waals surface area contributed by atoms with Gasteiger partial charge >= 0.3 is 18.2 Å². The molecule has 0 aliphatic carbocycles. The number of alkyl halides is 3. The van der Waals surface area contributed by atoms with Crippen molar-refractivity contribution in [1.29, 1.82) is 0 Å². The van der Waals surface area contributed by atoms with Gasteiger partial charge in [-0.25, -0.2) is 19.7 Å². The van der Waals surface area contributed by atoms with Gasteiger partial charge in [0.05, 0.1) is 17.7 Å². The van der Waals surface area contributed by atoms with Crippen molar-refractivity contribution in [2.75, 3.05) is 6.61 Å². The summed E-state index contributed by atoms with van der Waals surface area (Å²) in [6, 6.07) is 0.880. The van der Waals surface area contributed by atoms with Crippen LogP contribution in [0.4, 0.5) is 18.0 Å². The highest BCUT2D eigenvalue weighted by atomic mass is 19.4. The molecule has 0 fully saturated rings. The Hall–Kier alpha value is -3.11. The van der Waals surface area contributed by atoms with E-state index in [1.807, 2.05) is 0 Å². The second-order valence-corrected chi connectivity index (χ2v) is 5.26. The van der Waals surface area contributed by atoms with Gasteiger partial charge in [0.2, 0.25) is 0 Å². The molecule has 1 N–H and O–H groups in total. The predicted molar refractivity (Wildman–Crippen MR) is 80.9 cm³/mol. The molecular weight excluding hydrogens is 359 g/mol. The highest BCUT2D eigenvalue weighted by Gasteiger charge is 2.48. The number of esters is 1. The van der Waals surface area contributed by atoms with Crippen molar-refractivity contribution in [3.05, 3.63) is 56.8 Å². The number of allylic oxidation sites excluding steroid dienone is 1. The van der Waals surface area contributed by atoms with Gasteiger partial charge in [-0.3, -0.25) is 0 Å². The van der Waals surface area contributed by atoms with Crippen LogP contribution in [0.1, 0.15) is 31.0 Å². The van der Waals surface area contributed by atoms with E-state index in [9.17, 15) is 32.9 Å². The van der Waals surface area contributed by atoms with Crippen LogP contribution in [0.25, 0.3) is 0 Å². The first-order chi connectivity index (χ1) is 12.1. The molecular formula is C15H14F3N3O5. The Labute approximate surface area is 145 Å². The first-order valence-corrected chi connectivity index (χ1v) is 7.38. The van der Waals surface area contributed by atoms with Crippen LogP contribution in [0.3, 0.4) is 0 Å². The van der Waals surface area contributed by atoms with Crippen molar-refractivity contribution >= 4 is 12.0 Å². The molecule has 140 valence electrons. The number of carbonyl (C=O) groups is 2. The smallest absolute Gasteiger partial charge is 0.416 e. The van der Waals surface area contributed by atoms with E-state index in [1.165, 1.54) is 19.9 Å². The van der Waals surface area contributed by atoms with Crippen LogP contribution < -0.4 is 5.32 Å². The lowest BCUT2D eigenvalue weighted by molar-refractivity contribution is -0.641. The Morgan fingerprint density at radius 3 is 2.54 bits per heavy atom. The Bertz CT molecular complexity index is 791. The van der Waals surface area contributed by atoms with Crippen molar-refractivity contribution < 1.29 is 32.5 Å². The van der Waals surface area contributed by atoms with E-state index in [2.05, 4.69) is 5.32 Å². The number of urea groups is 1. The zero-order chi connectivity index (χ0) is 19.6. The fourth-order valence-electron chi connectivity index (χ4n) is 2.65. The molecule has 1 aliphatic rings. The second-order valence-electron chi connectivity index (χ2n) is 5.26. The highest BCUT2D eigenvalue weighted by molar-refractivity contribution is 5.94. The Morgan fingerprint density at radius 1 is 1.38 bits per heavy atom. The van der Waals surface area contributed by atoms with E-state index in [1.54, 1.807) is 0 Å². The molecule has 1 aromatic carbocycles. The van der Waals surface area contributed by atoms with Crippen LogP contribution in [0.2, 0.25) is 0 Å². The van der Waals surface area contributed by atoms with Crippen molar-refractivity contribution in [3.8, 4) is 0 Å². The number of hydrogen-bond acceptors (Lipinski definition) is 5. The first-order valence-electron chi connectivity index (χ1n) is 7.38. The van der Waals surface area contributed by atoms with Crippen LogP contribution in [0.5, 0.6) is 0 Å². The molecule has 1 aromatic rings. The van der Waals surface area contributed by atoms with Crippen LogP contribution in [0, 0.1) is 10.1 Å². The summed E-state index contributed by atoms with van der Waals surface area (Å²) < 4.78 is 45.0. The number of hydrazine groups is 1. The molecule has 0 saturated heterocycles. The van der Waals surface area contributed by atoms with Gasteiger partial charge in [0.15, 0.2) is 11.1 Å². The molecule has 0 radical (unpaired) electrons.